The van der Waals surface area contributed by atoms with E-state index in [0.29, 0.717) is 0 Å². The van der Waals surface area contributed by atoms with Crippen LogP contribution in [0.25, 0.3) is 6.08 Å². The van der Waals surface area contributed by atoms with Gasteiger partial charge >= 0.3 is 0 Å². The lowest BCUT2D eigenvalue weighted by Crippen LogP contribution is -2.70. The van der Waals surface area contributed by atoms with Gasteiger partial charge in [-0.3, -0.25) is 14.5 Å². The lowest BCUT2D eigenvalue weighted by Gasteiger charge is -2.49. The van der Waals surface area contributed by atoms with Crippen LogP contribution in [-0.2, 0) is 9.59 Å². The topological polar surface area (TPSA) is 49.4 Å². The minimum Gasteiger partial charge on any atom is -0.351 e. The van der Waals surface area contributed by atoms with E-state index in [9.17, 15) is 9.59 Å². The average Bonchev–Trinajstić information content (AvgIpc) is 3.20. The molecule has 2 aromatic rings. The smallest absolute Gasteiger partial charge is 0.251 e. The summed E-state index contributed by atoms with van der Waals surface area (Å²) in [5.41, 5.74) is 0.757. The first-order valence-electron chi connectivity index (χ1n) is 9.72. The molecule has 5 heteroatoms. The molecule has 0 spiro atoms. The van der Waals surface area contributed by atoms with Gasteiger partial charge in [0, 0.05) is 16.2 Å². The van der Waals surface area contributed by atoms with Gasteiger partial charge in [-0.1, -0.05) is 65.2 Å². The molecule has 1 aliphatic carbocycles. The molecule has 0 aromatic heterocycles. The molecule has 1 saturated heterocycles. The normalized spacial score (nSPS) is 22.5. The Labute approximate surface area is 173 Å². The number of nitrogens with one attached hydrogen (secondary N) is 1. The molecule has 1 N–H and O–H groups in total. The number of amides is 2. The Balaban J connectivity index is 1.68. The summed E-state index contributed by atoms with van der Waals surface area (Å²) in [4.78, 5) is 27.6. The zero-order chi connectivity index (χ0) is 19.6. The molecule has 4 nitrogen and oxygen atoms in total. The van der Waals surface area contributed by atoms with Crippen molar-refractivity contribution in [3.63, 3.8) is 0 Å². The van der Waals surface area contributed by atoms with Crippen molar-refractivity contribution in [3.05, 3.63) is 70.7 Å². The van der Waals surface area contributed by atoms with Crippen molar-refractivity contribution in [2.75, 3.05) is 4.90 Å². The predicted octanol–water partition coefficient (Wildman–Crippen LogP) is 4.70. The molecule has 1 atom stereocenters. The Bertz CT molecular complexity index is 889. The van der Waals surface area contributed by atoms with Crippen LogP contribution < -0.4 is 10.2 Å². The fraction of sp³-hybridized carbons (Fsp3) is 0.304. The Morgan fingerprint density at radius 1 is 1.07 bits per heavy atom. The van der Waals surface area contributed by atoms with E-state index in [4.69, 9.17) is 0 Å². The van der Waals surface area contributed by atoms with Gasteiger partial charge in [0.05, 0.1) is 6.42 Å². The van der Waals surface area contributed by atoms with Gasteiger partial charge in [-0.25, -0.2) is 0 Å². The highest BCUT2D eigenvalue weighted by molar-refractivity contribution is 9.10. The molecular weight excluding hydrogens is 416 g/mol. The quantitative estimate of drug-likeness (QED) is 0.687. The largest absolute Gasteiger partial charge is 0.351 e. The van der Waals surface area contributed by atoms with Gasteiger partial charge in [-0.2, -0.15) is 0 Å². The first-order valence-corrected chi connectivity index (χ1v) is 10.5. The van der Waals surface area contributed by atoms with Crippen LogP contribution in [-0.4, -0.2) is 23.4 Å². The first-order chi connectivity index (χ1) is 13.6. The highest BCUT2D eigenvalue weighted by Crippen LogP contribution is 2.40. The summed E-state index contributed by atoms with van der Waals surface area (Å²) in [6.07, 6.45) is 8.32. The molecule has 0 bridgehead atoms. The Morgan fingerprint density at radius 2 is 1.75 bits per heavy atom. The summed E-state index contributed by atoms with van der Waals surface area (Å²) in [6, 6.07) is 17.6. The lowest BCUT2D eigenvalue weighted by molar-refractivity contribution is -0.137. The van der Waals surface area contributed by atoms with Crippen LogP contribution in [0.1, 0.15) is 37.7 Å². The number of carbonyl (C=O) groups excluding carboxylic acids is 2. The van der Waals surface area contributed by atoms with E-state index in [1.807, 2.05) is 66.7 Å². The fourth-order valence-corrected chi connectivity index (χ4v) is 4.32. The zero-order valence-electron chi connectivity index (χ0n) is 15.6. The lowest BCUT2D eigenvalue weighted by atomic mass is 9.80. The van der Waals surface area contributed by atoms with E-state index in [1.165, 1.54) is 0 Å². The van der Waals surface area contributed by atoms with Crippen molar-refractivity contribution in [2.24, 2.45) is 0 Å². The number of carbonyl (C=O) groups is 2. The van der Waals surface area contributed by atoms with Crippen LogP contribution in [0.3, 0.4) is 0 Å². The second-order valence-corrected chi connectivity index (χ2v) is 8.42. The third-order valence-electron chi connectivity index (χ3n) is 5.59. The third kappa shape index (κ3) is 3.63. The number of nitrogens with zero attached hydrogens (tertiary/aromatic N) is 1. The number of halogens is 1. The zero-order valence-corrected chi connectivity index (χ0v) is 17.2. The molecule has 2 aromatic carbocycles. The van der Waals surface area contributed by atoms with Gasteiger partial charge in [-0.05, 0) is 48.7 Å². The number of benzene rings is 2. The minimum atomic E-state index is -0.983. The van der Waals surface area contributed by atoms with Crippen LogP contribution in [0.2, 0.25) is 0 Å². The standard InChI is InChI=1S/C23H23BrN2O2/c24-18-10-12-20(13-11-18)26-21(27)16-23(26,15-14-17-6-2-1-3-7-17)22(28)25-19-8-4-5-9-19/h1-3,6-7,10-15,19H,4-5,8-9,16H2,(H,25,28)/b15-14+/t23-/m0/s1. The van der Waals surface area contributed by atoms with Crippen molar-refractivity contribution < 1.29 is 9.59 Å². The number of hydrogen-bond acceptors (Lipinski definition) is 2. The first kappa shape index (κ1) is 18.9. The summed E-state index contributed by atoms with van der Waals surface area (Å²) >= 11 is 3.43. The highest BCUT2D eigenvalue weighted by atomic mass is 79.9. The van der Waals surface area contributed by atoms with Gasteiger partial charge in [0.15, 0.2) is 5.54 Å². The number of β-lactam (4-membered cyclic amide) rings is 1. The van der Waals surface area contributed by atoms with E-state index in [-0.39, 0.29) is 24.3 Å². The van der Waals surface area contributed by atoms with E-state index in [0.717, 1.165) is 41.4 Å². The summed E-state index contributed by atoms with van der Waals surface area (Å²) in [5.74, 6) is -0.129. The highest BCUT2D eigenvalue weighted by Gasteiger charge is 2.55. The van der Waals surface area contributed by atoms with Crippen LogP contribution in [0.4, 0.5) is 5.69 Å². The van der Waals surface area contributed by atoms with Crippen LogP contribution in [0.5, 0.6) is 0 Å². The second kappa shape index (κ2) is 7.92. The van der Waals surface area contributed by atoms with Crippen molar-refractivity contribution in [1.82, 2.24) is 5.32 Å². The summed E-state index contributed by atoms with van der Waals surface area (Å²) < 4.78 is 0.935. The number of hydrogen-bond donors (Lipinski definition) is 1. The number of anilines is 1. The van der Waals surface area contributed by atoms with Gasteiger partial charge in [0.2, 0.25) is 5.91 Å². The molecule has 0 unspecified atom stereocenters. The van der Waals surface area contributed by atoms with Crippen LogP contribution >= 0.6 is 15.9 Å². The second-order valence-electron chi connectivity index (χ2n) is 7.51. The molecule has 0 radical (unpaired) electrons. The Kier molecular flexibility index (Phi) is 5.36. The van der Waals surface area contributed by atoms with Gasteiger partial charge in [-0.15, -0.1) is 0 Å². The summed E-state index contributed by atoms with van der Waals surface area (Å²) in [5, 5.41) is 3.20. The van der Waals surface area contributed by atoms with Gasteiger partial charge < -0.3 is 5.32 Å². The van der Waals surface area contributed by atoms with Crippen molar-refractivity contribution in [2.45, 2.75) is 43.7 Å². The Hall–Kier alpha value is -2.40. The minimum absolute atomic E-state index is 0.0402. The van der Waals surface area contributed by atoms with Gasteiger partial charge in [0.25, 0.3) is 5.91 Å². The molecule has 2 fully saturated rings. The van der Waals surface area contributed by atoms with E-state index < -0.39 is 5.54 Å². The molecule has 28 heavy (non-hydrogen) atoms. The van der Waals surface area contributed by atoms with Crippen molar-refractivity contribution in [1.29, 1.82) is 0 Å². The molecule has 2 aliphatic rings. The SMILES string of the molecule is O=C1C[C@@](/C=C/c2ccccc2)(C(=O)NC2CCCC2)N1c1ccc(Br)cc1. The van der Waals surface area contributed by atoms with Crippen molar-refractivity contribution >= 4 is 39.5 Å². The maximum Gasteiger partial charge on any atom is 0.251 e. The Morgan fingerprint density at radius 3 is 2.39 bits per heavy atom. The monoisotopic (exact) mass is 438 g/mol. The van der Waals surface area contributed by atoms with Gasteiger partial charge in [0.1, 0.15) is 0 Å². The van der Waals surface area contributed by atoms with Crippen LogP contribution in [0, 0.1) is 0 Å². The summed E-state index contributed by atoms with van der Waals surface area (Å²) in [7, 11) is 0. The number of rotatable bonds is 5. The average molecular weight is 439 g/mol. The molecule has 1 heterocycles. The molecule has 1 saturated carbocycles. The molecule has 4 rings (SSSR count). The maximum atomic E-state index is 13.4. The maximum absolute atomic E-state index is 13.4. The third-order valence-corrected chi connectivity index (χ3v) is 6.12. The van der Waals surface area contributed by atoms with Crippen LogP contribution in [0.15, 0.2) is 65.1 Å². The molecule has 1 aliphatic heterocycles. The fourth-order valence-electron chi connectivity index (χ4n) is 4.05. The van der Waals surface area contributed by atoms with E-state index in [2.05, 4.69) is 21.2 Å². The molecule has 2 amide bonds. The summed E-state index contributed by atoms with van der Waals surface area (Å²) in [6.45, 7) is 0. The van der Waals surface area contributed by atoms with E-state index in [1.54, 1.807) is 4.90 Å². The molecule has 144 valence electrons. The predicted molar refractivity (Wildman–Crippen MR) is 115 cm³/mol. The van der Waals surface area contributed by atoms with E-state index >= 15 is 0 Å². The van der Waals surface area contributed by atoms with Crippen molar-refractivity contribution in [3.8, 4) is 0 Å². The molecular formula is C23H23BrN2O2.